The SMILES string of the molecule is NC(Cc1ccc(Br)cc1)c1cnc(C(F)(F)F)s1. The number of halogens is 4. The van der Waals surface area contributed by atoms with Crippen LogP contribution in [0.2, 0.25) is 0 Å². The minimum Gasteiger partial charge on any atom is -0.323 e. The number of benzene rings is 1. The molecule has 19 heavy (non-hydrogen) atoms. The van der Waals surface area contributed by atoms with Crippen molar-refractivity contribution >= 4 is 27.3 Å². The molecule has 1 unspecified atom stereocenters. The van der Waals surface area contributed by atoms with Crippen LogP contribution >= 0.6 is 27.3 Å². The van der Waals surface area contributed by atoms with Crippen molar-refractivity contribution in [2.75, 3.05) is 0 Å². The van der Waals surface area contributed by atoms with Crippen molar-refractivity contribution in [1.82, 2.24) is 4.98 Å². The van der Waals surface area contributed by atoms with Gasteiger partial charge in [-0.1, -0.05) is 28.1 Å². The van der Waals surface area contributed by atoms with Crippen LogP contribution in [0.1, 0.15) is 21.5 Å². The highest BCUT2D eigenvalue weighted by Crippen LogP contribution is 2.34. The predicted octanol–water partition coefficient (Wildman–Crippen LogP) is 4.17. The summed E-state index contributed by atoms with van der Waals surface area (Å²) in [6.45, 7) is 0. The summed E-state index contributed by atoms with van der Waals surface area (Å²) in [5.41, 5.74) is 6.88. The minimum absolute atomic E-state index is 0.440. The van der Waals surface area contributed by atoms with E-state index in [-0.39, 0.29) is 0 Å². The van der Waals surface area contributed by atoms with Gasteiger partial charge < -0.3 is 5.73 Å². The van der Waals surface area contributed by atoms with E-state index < -0.39 is 17.2 Å². The smallest absolute Gasteiger partial charge is 0.323 e. The van der Waals surface area contributed by atoms with Gasteiger partial charge in [-0.05, 0) is 24.1 Å². The molecule has 0 fully saturated rings. The minimum atomic E-state index is -4.40. The monoisotopic (exact) mass is 350 g/mol. The van der Waals surface area contributed by atoms with Gasteiger partial charge in [-0.2, -0.15) is 13.2 Å². The second-order valence-electron chi connectivity index (χ2n) is 4.00. The largest absolute Gasteiger partial charge is 0.443 e. The molecule has 0 aliphatic heterocycles. The summed E-state index contributed by atoms with van der Waals surface area (Å²) < 4.78 is 38.3. The van der Waals surface area contributed by atoms with E-state index >= 15 is 0 Å². The molecule has 1 aromatic heterocycles. The zero-order chi connectivity index (χ0) is 14.0. The molecule has 0 saturated carbocycles. The molecule has 102 valence electrons. The molecule has 1 heterocycles. The quantitative estimate of drug-likeness (QED) is 0.902. The molecule has 0 saturated heterocycles. The number of hydrogen-bond donors (Lipinski definition) is 1. The summed E-state index contributed by atoms with van der Waals surface area (Å²) in [4.78, 5) is 3.81. The number of hydrogen-bond acceptors (Lipinski definition) is 3. The van der Waals surface area contributed by atoms with Crippen molar-refractivity contribution in [2.45, 2.75) is 18.6 Å². The number of rotatable bonds is 3. The molecule has 1 atom stereocenters. The molecule has 0 spiro atoms. The highest BCUT2D eigenvalue weighted by atomic mass is 79.9. The number of nitrogens with two attached hydrogens (primary N) is 1. The van der Waals surface area contributed by atoms with Crippen LogP contribution in [-0.2, 0) is 12.6 Å². The lowest BCUT2D eigenvalue weighted by molar-refractivity contribution is -0.137. The van der Waals surface area contributed by atoms with Crippen molar-refractivity contribution in [3.05, 3.63) is 50.4 Å². The molecule has 2 aromatic rings. The summed E-state index contributed by atoms with van der Waals surface area (Å²) in [5.74, 6) is 0. The summed E-state index contributed by atoms with van der Waals surface area (Å²) in [7, 11) is 0. The lowest BCUT2D eigenvalue weighted by Crippen LogP contribution is -2.11. The fourth-order valence-corrected chi connectivity index (χ4v) is 2.61. The normalized spacial score (nSPS) is 13.5. The van der Waals surface area contributed by atoms with Gasteiger partial charge in [-0.25, -0.2) is 4.98 Å². The van der Waals surface area contributed by atoms with Crippen molar-refractivity contribution in [1.29, 1.82) is 0 Å². The Morgan fingerprint density at radius 1 is 1.26 bits per heavy atom. The number of aromatic nitrogens is 1. The van der Waals surface area contributed by atoms with Gasteiger partial charge >= 0.3 is 6.18 Å². The molecule has 0 aliphatic carbocycles. The van der Waals surface area contributed by atoms with E-state index in [1.165, 1.54) is 6.20 Å². The average Bonchev–Trinajstić information content (AvgIpc) is 2.81. The first kappa shape index (κ1) is 14.5. The molecule has 0 aliphatic rings. The maximum Gasteiger partial charge on any atom is 0.443 e. The highest BCUT2D eigenvalue weighted by molar-refractivity contribution is 9.10. The summed E-state index contributed by atoms with van der Waals surface area (Å²) in [5, 5.41) is -0.853. The third-order valence-corrected chi connectivity index (χ3v) is 4.20. The molecule has 0 bridgehead atoms. The number of thiazole rings is 1. The van der Waals surface area contributed by atoms with Gasteiger partial charge in [0, 0.05) is 21.6 Å². The second kappa shape index (κ2) is 5.60. The Hall–Kier alpha value is -0.920. The fraction of sp³-hybridized carbons (Fsp3) is 0.250. The maximum atomic E-state index is 12.4. The van der Waals surface area contributed by atoms with Crippen LogP contribution in [0.5, 0.6) is 0 Å². The first-order chi connectivity index (χ1) is 8.86. The third kappa shape index (κ3) is 3.77. The van der Waals surface area contributed by atoms with Crippen molar-refractivity contribution < 1.29 is 13.2 Å². The first-order valence-electron chi connectivity index (χ1n) is 5.39. The standard InChI is InChI=1S/C12H10BrF3N2S/c13-8-3-1-7(2-4-8)5-9(17)10-6-18-11(19-10)12(14,15)16/h1-4,6,9H,5,17H2. The molecule has 0 radical (unpaired) electrons. The van der Waals surface area contributed by atoms with Gasteiger partial charge in [0.1, 0.15) is 0 Å². The first-order valence-corrected chi connectivity index (χ1v) is 7.00. The van der Waals surface area contributed by atoms with Gasteiger partial charge in [-0.15, -0.1) is 11.3 Å². The van der Waals surface area contributed by atoms with Crippen LogP contribution < -0.4 is 5.73 Å². The van der Waals surface area contributed by atoms with Crippen molar-refractivity contribution in [3.63, 3.8) is 0 Å². The fourth-order valence-electron chi connectivity index (χ4n) is 1.56. The zero-order valence-electron chi connectivity index (χ0n) is 9.62. The van der Waals surface area contributed by atoms with Gasteiger partial charge in [0.25, 0.3) is 0 Å². The maximum absolute atomic E-state index is 12.4. The van der Waals surface area contributed by atoms with E-state index in [9.17, 15) is 13.2 Å². The van der Waals surface area contributed by atoms with E-state index in [1.54, 1.807) is 0 Å². The Kier molecular flexibility index (Phi) is 4.27. The molecule has 2 nitrogen and oxygen atoms in total. The highest BCUT2D eigenvalue weighted by Gasteiger charge is 2.35. The molecule has 1 aromatic carbocycles. The lowest BCUT2D eigenvalue weighted by Gasteiger charge is -2.09. The van der Waals surface area contributed by atoms with Crippen LogP contribution in [0.3, 0.4) is 0 Å². The van der Waals surface area contributed by atoms with E-state index in [0.717, 1.165) is 10.0 Å². The summed E-state index contributed by atoms with van der Waals surface area (Å²) in [6, 6.07) is 7.03. The Labute approximate surface area is 120 Å². The van der Waals surface area contributed by atoms with Gasteiger partial charge in [-0.3, -0.25) is 0 Å². The topological polar surface area (TPSA) is 38.9 Å². The molecule has 7 heteroatoms. The van der Waals surface area contributed by atoms with Gasteiger partial charge in [0.2, 0.25) is 0 Å². The Balaban J connectivity index is 2.09. The Bertz CT molecular complexity index is 551. The van der Waals surface area contributed by atoms with Crippen LogP contribution in [0.4, 0.5) is 13.2 Å². The average molecular weight is 351 g/mol. The zero-order valence-corrected chi connectivity index (χ0v) is 12.0. The van der Waals surface area contributed by atoms with Crippen LogP contribution in [-0.4, -0.2) is 4.98 Å². The third-order valence-electron chi connectivity index (χ3n) is 2.50. The molecule has 0 amide bonds. The van der Waals surface area contributed by atoms with E-state index in [0.29, 0.717) is 22.6 Å². The van der Waals surface area contributed by atoms with Crippen LogP contribution in [0, 0.1) is 0 Å². The van der Waals surface area contributed by atoms with E-state index in [2.05, 4.69) is 20.9 Å². The van der Waals surface area contributed by atoms with Crippen molar-refractivity contribution in [3.8, 4) is 0 Å². The number of alkyl halides is 3. The van der Waals surface area contributed by atoms with Crippen LogP contribution in [0.15, 0.2) is 34.9 Å². The lowest BCUT2D eigenvalue weighted by atomic mass is 10.1. The van der Waals surface area contributed by atoms with Gasteiger partial charge in [0.05, 0.1) is 0 Å². The van der Waals surface area contributed by atoms with Crippen LogP contribution in [0.25, 0.3) is 0 Å². The summed E-state index contributed by atoms with van der Waals surface area (Å²) >= 11 is 3.92. The predicted molar refractivity (Wildman–Crippen MR) is 71.9 cm³/mol. The second-order valence-corrected chi connectivity index (χ2v) is 5.98. The van der Waals surface area contributed by atoms with E-state index in [1.807, 2.05) is 24.3 Å². The molecule has 2 N–H and O–H groups in total. The van der Waals surface area contributed by atoms with Crippen molar-refractivity contribution in [2.24, 2.45) is 5.73 Å². The number of nitrogens with zero attached hydrogens (tertiary/aromatic N) is 1. The van der Waals surface area contributed by atoms with Gasteiger partial charge in [0.15, 0.2) is 5.01 Å². The molecular formula is C12H10BrF3N2S. The Morgan fingerprint density at radius 2 is 1.89 bits per heavy atom. The Morgan fingerprint density at radius 3 is 2.42 bits per heavy atom. The molecular weight excluding hydrogens is 341 g/mol. The molecule has 2 rings (SSSR count). The van der Waals surface area contributed by atoms with E-state index in [4.69, 9.17) is 5.73 Å². The summed E-state index contributed by atoms with van der Waals surface area (Å²) in [6.07, 6.45) is -2.72.